The van der Waals surface area contributed by atoms with Crippen molar-refractivity contribution >= 4 is 10.0 Å². The van der Waals surface area contributed by atoms with Crippen molar-refractivity contribution in [3.8, 4) is 11.1 Å². The lowest BCUT2D eigenvalue weighted by Crippen LogP contribution is -2.48. The topological polar surface area (TPSA) is 81.1 Å². The number of alkyl halides is 1. The summed E-state index contributed by atoms with van der Waals surface area (Å²) >= 11 is 0. The van der Waals surface area contributed by atoms with Gasteiger partial charge >= 0.3 is 0 Å². The molecule has 1 N–H and O–H groups in total. The molecule has 2 aliphatic carbocycles. The van der Waals surface area contributed by atoms with Crippen molar-refractivity contribution in [2.75, 3.05) is 0 Å². The fraction of sp³-hybridized carbons (Fsp3) is 0.407. The number of aromatic nitrogens is 2. The summed E-state index contributed by atoms with van der Waals surface area (Å²) in [4.78, 5) is 18.1. The fourth-order valence-electron chi connectivity index (χ4n) is 5.02. The van der Waals surface area contributed by atoms with E-state index in [-0.39, 0.29) is 30.3 Å². The first-order valence-electron chi connectivity index (χ1n) is 12.2. The largest absolute Gasteiger partial charge is 0.296 e. The summed E-state index contributed by atoms with van der Waals surface area (Å²) in [6.45, 7) is 3.76. The molecule has 1 saturated carbocycles. The van der Waals surface area contributed by atoms with Gasteiger partial charge in [0.15, 0.2) is 0 Å². The first-order chi connectivity index (χ1) is 17.1. The minimum atomic E-state index is -4.21. The Balaban J connectivity index is 1.57. The van der Waals surface area contributed by atoms with Gasteiger partial charge in [-0.05, 0) is 50.3 Å². The molecule has 1 fully saturated rings. The van der Waals surface area contributed by atoms with E-state index in [9.17, 15) is 22.0 Å². The van der Waals surface area contributed by atoms with Crippen LogP contribution in [0, 0.1) is 5.82 Å². The zero-order valence-corrected chi connectivity index (χ0v) is 21.1. The molecule has 3 aromatic rings. The van der Waals surface area contributed by atoms with Crippen LogP contribution in [0.25, 0.3) is 11.1 Å². The van der Waals surface area contributed by atoms with Crippen molar-refractivity contribution in [1.82, 2.24) is 14.3 Å². The second-order valence-electron chi connectivity index (χ2n) is 10.1. The third kappa shape index (κ3) is 4.50. The van der Waals surface area contributed by atoms with E-state index in [0.29, 0.717) is 41.6 Å². The molecule has 1 aromatic heterocycles. The average molecular weight is 514 g/mol. The quantitative estimate of drug-likeness (QED) is 0.499. The van der Waals surface area contributed by atoms with Crippen LogP contribution in [0.5, 0.6) is 0 Å². The van der Waals surface area contributed by atoms with Crippen LogP contribution in [0.1, 0.15) is 61.9 Å². The number of nitrogens with one attached hydrogen (secondary N) is 1. The summed E-state index contributed by atoms with van der Waals surface area (Å²) in [5.41, 5.74) is 2.85. The molecule has 0 radical (unpaired) electrons. The van der Waals surface area contributed by atoms with Gasteiger partial charge in [0.1, 0.15) is 5.82 Å². The van der Waals surface area contributed by atoms with Gasteiger partial charge in [0.25, 0.3) is 5.56 Å². The molecule has 2 aromatic carbocycles. The Morgan fingerprint density at radius 3 is 2.61 bits per heavy atom. The number of fused-ring (bicyclic) bond motifs is 1. The van der Waals surface area contributed by atoms with E-state index >= 15 is 0 Å². The molecule has 9 heteroatoms. The molecule has 2 unspecified atom stereocenters. The maximum absolute atomic E-state index is 14.6. The van der Waals surface area contributed by atoms with E-state index in [0.717, 1.165) is 5.56 Å². The molecule has 0 aliphatic heterocycles. The lowest BCUT2D eigenvalue weighted by molar-refractivity contribution is 0.372. The van der Waals surface area contributed by atoms with Crippen LogP contribution in [0.2, 0.25) is 0 Å². The molecule has 0 saturated heterocycles. The molecule has 1 heterocycles. The second-order valence-corrected chi connectivity index (χ2v) is 12.0. The highest BCUT2D eigenvalue weighted by atomic mass is 32.2. The summed E-state index contributed by atoms with van der Waals surface area (Å²) in [6, 6.07) is 13.0. The molecule has 5 rings (SSSR count). The predicted molar refractivity (Wildman–Crippen MR) is 134 cm³/mol. The number of nitrogens with zero attached hydrogens (tertiary/aromatic N) is 2. The third-order valence-corrected chi connectivity index (χ3v) is 9.20. The van der Waals surface area contributed by atoms with Crippen molar-refractivity contribution in [3.05, 3.63) is 87.9 Å². The van der Waals surface area contributed by atoms with Crippen LogP contribution >= 0.6 is 0 Å². The SMILES string of the molecule is CC(C)n1cnc2c(c1=O)C(Cc1cccc(-c3ccccc3F)c1)C(NS(=O)(=O)C1(F)CC1)CC2. The molecule has 0 spiro atoms. The summed E-state index contributed by atoms with van der Waals surface area (Å²) in [5, 5.41) is -2.24. The van der Waals surface area contributed by atoms with E-state index in [4.69, 9.17) is 0 Å². The number of halogens is 2. The minimum absolute atomic E-state index is 0.0251. The zero-order chi connectivity index (χ0) is 25.7. The standard InChI is InChI=1S/C27H29F2N3O3S/c1-17(2)32-16-30-24-11-10-23(31-36(34,35)27(29)12-13-27)21(25(24)26(32)33)15-18-6-5-7-19(14-18)20-8-3-4-9-22(20)28/h3-9,14,16-17,21,23,31H,10-13,15H2,1-2H3. The summed E-state index contributed by atoms with van der Waals surface area (Å²) < 4.78 is 58.8. The van der Waals surface area contributed by atoms with Crippen molar-refractivity contribution < 1.29 is 17.2 Å². The van der Waals surface area contributed by atoms with Gasteiger partial charge in [0, 0.05) is 42.0 Å². The number of sulfonamides is 1. The maximum atomic E-state index is 14.6. The maximum Gasteiger partial charge on any atom is 0.257 e. The monoisotopic (exact) mass is 513 g/mol. The van der Waals surface area contributed by atoms with Gasteiger partial charge in [-0.2, -0.15) is 0 Å². The Kier molecular flexibility index (Phi) is 6.32. The van der Waals surface area contributed by atoms with Crippen LogP contribution in [0.4, 0.5) is 8.78 Å². The highest BCUT2D eigenvalue weighted by molar-refractivity contribution is 7.91. The summed E-state index contributed by atoms with van der Waals surface area (Å²) in [6.07, 6.45) is 2.62. The van der Waals surface area contributed by atoms with Crippen molar-refractivity contribution in [2.45, 2.75) is 69.0 Å². The van der Waals surface area contributed by atoms with E-state index in [1.807, 2.05) is 38.1 Å². The molecule has 190 valence electrons. The molecular weight excluding hydrogens is 484 g/mol. The van der Waals surface area contributed by atoms with Crippen molar-refractivity contribution in [1.29, 1.82) is 0 Å². The Morgan fingerprint density at radius 1 is 1.17 bits per heavy atom. The summed E-state index contributed by atoms with van der Waals surface area (Å²) in [7, 11) is -4.21. The van der Waals surface area contributed by atoms with Crippen molar-refractivity contribution in [2.24, 2.45) is 0 Å². The molecule has 2 aliphatic rings. The Labute approximate surface area is 209 Å². The number of hydrogen-bond donors (Lipinski definition) is 1. The van der Waals surface area contributed by atoms with Crippen molar-refractivity contribution in [3.63, 3.8) is 0 Å². The first-order valence-corrected chi connectivity index (χ1v) is 13.7. The lowest BCUT2D eigenvalue weighted by atomic mass is 9.78. The number of aryl methyl sites for hydroxylation is 1. The molecule has 6 nitrogen and oxygen atoms in total. The molecule has 0 amide bonds. The second kappa shape index (κ2) is 9.19. The predicted octanol–water partition coefficient (Wildman–Crippen LogP) is 4.65. The minimum Gasteiger partial charge on any atom is -0.296 e. The fourth-order valence-corrected chi connectivity index (χ4v) is 6.55. The Hall–Kier alpha value is -2.91. The van der Waals surface area contributed by atoms with Crippen LogP contribution in [-0.4, -0.2) is 29.0 Å². The van der Waals surface area contributed by atoms with E-state index < -0.39 is 27.0 Å². The first kappa shape index (κ1) is 24.8. The number of hydrogen-bond acceptors (Lipinski definition) is 4. The normalized spacial score (nSPS) is 20.8. The van der Waals surface area contributed by atoms with Crippen LogP contribution in [-0.2, 0) is 22.9 Å². The van der Waals surface area contributed by atoms with E-state index in [2.05, 4.69) is 9.71 Å². The van der Waals surface area contributed by atoms with Gasteiger partial charge < -0.3 is 0 Å². The Bertz CT molecular complexity index is 1470. The van der Waals surface area contributed by atoms with Gasteiger partial charge in [-0.15, -0.1) is 0 Å². The Morgan fingerprint density at radius 2 is 1.92 bits per heavy atom. The van der Waals surface area contributed by atoms with Crippen LogP contribution in [0.15, 0.2) is 59.7 Å². The van der Waals surface area contributed by atoms with Gasteiger partial charge in [-0.1, -0.05) is 42.5 Å². The third-order valence-electron chi connectivity index (χ3n) is 7.22. The molecule has 36 heavy (non-hydrogen) atoms. The van der Waals surface area contributed by atoms with E-state index in [1.54, 1.807) is 18.2 Å². The van der Waals surface area contributed by atoms with Gasteiger partial charge in [0.2, 0.25) is 15.0 Å². The highest BCUT2D eigenvalue weighted by Crippen LogP contribution is 2.45. The molecule has 2 atom stereocenters. The molecular formula is C27H29F2N3O3S. The van der Waals surface area contributed by atoms with Crippen LogP contribution in [0.3, 0.4) is 0 Å². The van der Waals surface area contributed by atoms with Gasteiger partial charge in [-0.3, -0.25) is 9.36 Å². The van der Waals surface area contributed by atoms with Gasteiger partial charge in [0.05, 0.1) is 12.0 Å². The van der Waals surface area contributed by atoms with Crippen LogP contribution < -0.4 is 10.3 Å². The summed E-state index contributed by atoms with van der Waals surface area (Å²) in [5.74, 6) is -0.891. The average Bonchev–Trinajstić information content (AvgIpc) is 3.60. The zero-order valence-electron chi connectivity index (χ0n) is 20.2. The number of rotatable bonds is 7. The molecule has 0 bridgehead atoms. The highest BCUT2D eigenvalue weighted by Gasteiger charge is 2.56. The van der Waals surface area contributed by atoms with Gasteiger partial charge in [-0.25, -0.2) is 26.9 Å². The lowest BCUT2D eigenvalue weighted by Gasteiger charge is -2.34. The van der Waals surface area contributed by atoms with E-state index in [1.165, 1.54) is 17.0 Å². The smallest absolute Gasteiger partial charge is 0.257 e. The number of benzene rings is 2.